The lowest BCUT2D eigenvalue weighted by Gasteiger charge is -2.09. The molecule has 0 aromatic rings. The van der Waals surface area contributed by atoms with Gasteiger partial charge in [0.1, 0.15) is 6.54 Å². The van der Waals surface area contributed by atoms with E-state index in [9.17, 15) is 9.59 Å². The van der Waals surface area contributed by atoms with Gasteiger partial charge < -0.3 is 5.11 Å². The number of fused-ring (bicyclic) bond motifs is 1. The number of hydrogen-bond acceptors (Lipinski definition) is 3. The van der Waals surface area contributed by atoms with Gasteiger partial charge in [-0.3, -0.25) is 9.59 Å². The Balaban J connectivity index is 2.12. The second-order valence-electron chi connectivity index (χ2n) is 3.33. The molecule has 0 radical (unpaired) electrons. The van der Waals surface area contributed by atoms with Crippen molar-refractivity contribution in [3.63, 3.8) is 0 Å². The number of carbonyl (C=O) groups is 2. The van der Waals surface area contributed by atoms with Gasteiger partial charge in [0.05, 0.1) is 11.6 Å². The highest BCUT2D eigenvalue weighted by molar-refractivity contribution is 6.09. The predicted octanol–water partition coefficient (Wildman–Crippen LogP) is 0.0693. The summed E-state index contributed by atoms with van der Waals surface area (Å²) in [6.07, 6.45) is 2.66. The van der Waals surface area contributed by atoms with Crippen LogP contribution in [0.25, 0.3) is 0 Å². The van der Waals surface area contributed by atoms with E-state index in [-0.39, 0.29) is 18.4 Å². The van der Waals surface area contributed by atoms with Crippen LogP contribution in [0.3, 0.4) is 0 Å². The molecule has 13 heavy (non-hydrogen) atoms. The Morgan fingerprint density at radius 2 is 2.46 bits per heavy atom. The van der Waals surface area contributed by atoms with Gasteiger partial charge in [-0.05, 0) is 19.3 Å². The van der Waals surface area contributed by atoms with Crippen LogP contribution in [0, 0.1) is 5.92 Å². The molecule has 1 amide bonds. The van der Waals surface area contributed by atoms with Crippen molar-refractivity contribution in [3.05, 3.63) is 0 Å². The van der Waals surface area contributed by atoms with Crippen LogP contribution >= 0.6 is 0 Å². The molecule has 0 saturated heterocycles. The van der Waals surface area contributed by atoms with Gasteiger partial charge in [-0.25, -0.2) is 5.01 Å². The van der Waals surface area contributed by atoms with E-state index >= 15 is 0 Å². The first-order valence-corrected chi connectivity index (χ1v) is 4.29. The number of aliphatic carboxylic acids is 1. The Hall–Kier alpha value is -1.39. The average molecular weight is 182 g/mol. The Morgan fingerprint density at radius 3 is 3.08 bits per heavy atom. The highest BCUT2D eigenvalue weighted by Gasteiger charge is 2.39. The first-order chi connectivity index (χ1) is 6.18. The van der Waals surface area contributed by atoms with Gasteiger partial charge in [0, 0.05) is 0 Å². The minimum atomic E-state index is -1.02. The summed E-state index contributed by atoms with van der Waals surface area (Å²) in [5.74, 6) is -1.27. The van der Waals surface area contributed by atoms with Crippen molar-refractivity contribution >= 4 is 17.6 Å². The second kappa shape index (κ2) is 2.83. The molecule has 2 rings (SSSR count). The summed E-state index contributed by atoms with van der Waals surface area (Å²) in [7, 11) is 0. The van der Waals surface area contributed by atoms with E-state index in [0.717, 1.165) is 30.0 Å². The number of hydrazone groups is 1. The molecule has 1 N–H and O–H groups in total. The number of carboxylic acids is 1. The first-order valence-electron chi connectivity index (χ1n) is 4.29. The van der Waals surface area contributed by atoms with Gasteiger partial charge in [0.25, 0.3) is 5.91 Å². The number of carboxylic acid groups (broad SMARTS) is 1. The van der Waals surface area contributed by atoms with E-state index < -0.39 is 5.97 Å². The molecule has 0 aromatic carbocycles. The number of nitrogens with zero attached hydrogens (tertiary/aromatic N) is 2. The fourth-order valence-electron chi connectivity index (χ4n) is 1.84. The van der Waals surface area contributed by atoms with Crippen LogP contribution < -0.4 is 0 Å². The molecule has 1 heterocycles. The fraction of sp³-hybridized carbons (Fsp3) is 0.625. The zero-order valence-electron chi connectivity index (χ0n) is 7.06. The van der Waals surface area contributed by atoms with Gasteiger partial charge in [0.15, 0.2) is 0 Å². The molecular weight excluding hydrogens is 172 g/mol. The minimum Gasteiger partial charge on any atom is -0.480 e. The summed E-state index contributed by atoms with van der Waals surface area (Å²) in [5.41, 5.74) is 0.867. The van der Waals surface area contributed by atoms with Crippen molar-refractivity contribution in [3.8, 4) is 0 Å². The fourth-order valence-corrected chi connectivity index (χ4v) is 1.84. The summed E-state index contributed by atoms with van der Waals surface area (Å²) in [4.78, 5) is 21.8. The van der Waals surface area contributed by atoms with Crippen LogP contribution in [0.2, 0.25) is 0 Å². The molecule has 1 aliphatic heterocycles. The molecule has 1 unspecified atom stereocenters. The van der Waals surface area contributed by atoms with E-state index in [1.807, 2.05) is 0 Å². The Morgan fingerprint density at radius 1 is 1.69 bits per heavy atom. The van der Waals surface area contributed by atoms with Crippen LogP contribution in [-0.2, 0) is 9.59 Å². The maximum absolute atomic E-state index is 11.5. The number of hydrogen-bond donors (Lipinski definition) is 1. The minimum absolute atomic E-state index is 0.112. The molecule has 5 heteroatoms. The SMILES string of the molecule is O=C(O)CN1N=C2CCCC2C1=O. The quantitative estimate of drug-likeness (QED) is 0.656. The molecule has 70 valence electrons. The summed E-state index contributed by atoms with van der Waals surface area (Å²) < 4.78 is 0. The van der Waals surface area contributed by atoms with Crippen LogP contribution in [0.15, 0.2) is 5.10 Å². The molecule has 0 bridgehead atoms. The van der Waals surface area contributed by atoms with Crippen LogP contribution in [0.4, 0.5) is 0 Å². The predicted molar refractivity (Wildman–Crippen MR) is 44.1 cm³/mol. The number of carbonyl (C=O) groups excluding carboxylic acids is 1. The Bertz CT molecular complexity index is 298. The van der Waals surface area contributed by atoms with Gasteiger partial charge >= 0.3 is 5.97 Å². The van der Waals surface area contributed by atoms with Gasteiger partial charge in [-0.15, -0.1) is 0 Å². The van der Waals surface area contributed by atoms with E-state index in [1.54, 1.807) is 0 Å². The van der Waals surface area contributed by atoms with E-state index in [2.05, 4.69) is 5.10 Å². The molecule has 2 aliphatic rings. The highest BCUT2D eigenvalue weighted by atomic mass is 16.4. The highest BCUT2D eigenvalue weighted by Crippen LogP contribution is 2.29. The summed E-state index contributed by atoms with van der Waals surface area (Å²) in [5, 5.41) is 13.6. The van der Waals surface area contributed by atoms with E-state index in [4.69, 9.17) is 5.11 Å². The van der Waals surface area contributed by atoms with Crippen LogP contribution in [0.5, 0.6) is 0 Å². The smallest absolute Gasteiger partial charge is 0.325 e. The zero-order chi connectivity index (χ0) is 9.42. The lowest BCUT2D eigenvalue weighted by molar-refractivity contribution is -0.144. The largest absolute Gasteiger partial charge is 0.480 e. The third kappa shape index (κ3) is 1.30. The Labute approximate surface area is 75.0 Å². The third-order valence-electron chi connectivity index (χ3n) is 2.41. The molecule has 0 aromatic heterocycles. The molecule has 1 aliphatic carbocycles. The van der Waals surface area contributed by atoms with E-state index in [0.29, 0.717) is 0 Å². The third-order valence-corrected chi connectivity index (χ3v) is 2.41. The van der Waals surface area contributed by atoms with Crippen LogP contribution in [-0.4, -0.2) is 34.2 Å². The topological polar surface area (TPSA) is 70.0 Å². The first kappa shape index (κ1) is 8.22. The average Bonchev–Trinajstić information content (AvgIpc) is 2.56. The van der Waals surface area contributed by atoms with Crippen LogP contribution in [0.1, 0.15) is 19.3 Å². The normalized spacial score (nSPS) is 26.2. The maximum atomic E-state index is 11.5. The van der Waals surface area contributed by atoms with E-state index in [1.165, 1.54) is 0 Å². The Kier molecular flexibility index (Phi) is 1.79. The van der Waals surface area contributed by atoms with Gasteiger partial charge in [-0.1, -0.05) is 0 Å². The van der Waals surface area contributed by atoms with Crippen molar-refractivity contribution in [1.29, 1.82) is 0 Å². The van der Waals surface area contributed by atoms with Crippen molar-refractivity contribution in [1.82, 2.24) is 5.01 Å². The number of rotatable bonds is 2. The lowest BCUT2D eigenvalue weighted by Crippen LogP contribution is -2.30. The standard InChI is InChI=1S/C8H10N2O3/c11-7(12)4-10-8(13)5-2-1-3-6(5)9-10/h5H,1-4H2,(H,11,12). The van der Waals surface area contributed by atoms with Gasteiger partial charge in [0.2, 0.25) is 0 Å². The second-order valence-corrected chi connectivity index (χ2v) is 3.33. The van der Waals surface area contributed by atoms with Crippen molar-refractivity contribution in [2.45, 2.75) is 19.3 Å². The summed E-state index contributed by atoms with van der Waals surface area (Å²) in [6, 6.07) is 0. The molecule has 1 saturated carbocycles. The summed E-state index contributed by atoms with van der Waals surface area (Å²) >= 11 is 0. The monoisotopic (exact) mass is 182 g/mol. The van der Waals surface area contributed by atoms with Gasteiger partial charge in [-0.2, -0.15) is 5.10 Å². The molecule has 0 spiro atoms. The van der Waals surface area contributed by atoms with Crippen molar-refractivity contribution < 1.29 is 14.7 Å². The molecule has 1 atom stereocenters. The summed E-state index contributed by atoms with van der Waals surface area (Å²) in [6.45, 7) is -0.307. The number of amides is 1. The van der Waals surface area contributed by atoms with Crippen molar-refractivity contribution in [2.24, 2.45) is 11.0 Å². The molecule has 5 nitrogen and oxygen atoms in total. The zero-order valence-corrected chi connectivity index (χ0v) is 7.06. The maximum Gasteiger partial charge on any atom is 0.325 e. The lowest BCUT2D eigenvalue weighted by atomic mass is 10.1. The molecule has 1 fully saturated rings. The molecular formula is C8H10N2O3. The van der Waals surface area contributed by atoms with Crippen molar-refractivity contribution in [2.75, 3.05) is 6.54 Å².